The van der Waals surface area contributed by atoms with Crippen molar-refractivity contribution in [2.75, 3.05) is 13.2 Å². The third-order valence-electron chi connectivity index (χ3n) is 7.60. The third kappa shape index (κ3) is 12.7. The summed E-state index contributed by atoms with van der Waals surface area (Å²) in [5.74, 6) is -4.74. The molecule has 0 spiro atoms. The van der Waals surface area contributed by atoms with E-state index in [9.17, 15) is 34.2 Å². The zero-order valence-electron chi connectivity index (χ0n) is 25.7. The largest absolute Gasteiger partial charge is 0.480 e. The van der Waals surface area contributed by atoms with Crippen molar-refractivity contribution >= 4 is 29.6 Å². The minimum absolute atomic E-state index is 0.259. The van der Waals surface area contributed by atoms with E-state index in [4.69, 9.17) is 11.5 Å². The van der Waals surface area contributed by atoms with Crippen molar-refractivity contribution in [1.82, 2.24) is 21.3 Å². The van der Waals surface area contributed by atoms with Crippen LogP contribution in [0.3, 0.4) is 0 Å². The van der Waals surface area contributed by atoms with Crippen LogP contribution < -0.4 is 32.7 Å². The zero-order chi connectivity index (χ0) is 32.5. The van der Waals surface area contributed by atoms with Crippen LogP contribution in [0.1, 0.15) is 65.4 Å². The van der Waals surface area contributed by atoms with Gasteiger partial charge in [0.25, 0.3) is 0 Å². The molecule has 0 saturated heterocycles. The van der Waals surface area contributed by atoms with Gasteiger partial charge in [0.05, 0.1) is 12.6 Å². The number of amides is 4. The van der Waals surface area contributed by atoms with E-state index in [0.717, 1.165) is 5.56 Å². The molecule has 4 amide bonds. The van der Waals surface area contributed by atoms with Gasteiger partial charge in [-0.3, -0.25) is 19.2 Å². The molecule has 0 aromatic heterocycles. The molecule has 1 aromatic carbocycles. The van der Waals surface area contributed by atoms with E-state index >= 15 is 0 Å². The van der Waals surface area contributed by atoms with Gasteiger partial charge in [0.15, 0.2) is 0 Å². The number of aliphatic hydroxyl groups is 1. The molecule has 0 aliphatic carbocycles. The number of carbonyl (C=O) groups excluding carboxylic acids is 4. The Morgan fingerprint density at radius 2 is 1.30 bits per heavy atom. The summed E-state index contributed by atoms with van der Waals surface area (Å²) in [6.07, 6.45) is 2.65. The monoisotopic (exact) mass is 606 g/mol. The van der Waals surface area contributed by atoms with E-state index in [1.165, 1.54) is 0 Å². The van der Waals surface area contributed by atoms with Crippen LogP contribution in [0.15, 0.2) is 30.3 Å². The number of carboxylic acids is 1. The van der Waals surface area contributed by atoms with Crippen molar-refractivity contribution in [2.24, 2.45) is 23.3 Å². The van der Waals surface area contributed by atoms with Crippen molar-refractivity contribution in [1.29, 1.82) is 0 Å². The molecule has 0 aliphatic heterocycles. The van der Waals surface area contributed by atoms with Crippen LogP contribution in [0.2, 0.25) is 0 Å². The molecule has 0 aliphatic rings. The molecular formula is C30H50N6O7. The maximum Gasteiger partial charge on any atom is 0.326 e. The zero-order valence-corrected chi connectivity index (χ0v) is 25.7. The Labute approximate surface area is 253 Å². The van der Waals surface area contributed by atoms with Gasteiger partial charge >= 0.3 is 5.97 Å². The lowest BCUT2D eigenvalue weighted by Gasteiger charge is -2.29. The van der Waals surface area contributed by atoms with Crippen molar-refractivity contribution in [3.05, 3.63) is 35.9 Å². The minimum Gasteiger partial charge on any atom is -0.480 e. The van der Waals surface area contributed by atoms with E-state index in [1.54, 1.807) is 20.8 Å². The van der Waals surface area contributed by atoms with Crippen molar-refractivity contribution in [3.8, 4) is 0 Å². The van der Waals surface area contributed by atoms with E-state index in [-0.39, 0.29) is 18.8 Å². The molecule has 0 unspecified atom stereocenters. The summed E-state index contributed by atoms with van der Waals surface area (Å²) in [4.78, 5) is 64.1. The average molecular weight is 607 g/mol. The highest BCUT2D eigenvalue weighted by atomic mass is 16.4. The van der Waals surface area contributed by atoms with Gasteiger partial charge in [-0.2, -0.15) is 0 Å². The molecule has 0 heterocycles. The summed E-state index contributed by atoms with van der Waals surface area (Å²) >= 11 is 0. The first-order valence-corrected chi connectivity index (χ1v) is 14.9. The van der Waals surface area contributed by atoms with Crippen LogP contribution in [0, 0.1) is 11.8 Å². The van der Waals surface area contributed by atoms with Gasteiger partial charge in [-0.15, -0.1) is 0 Å². The number of hydrogen-bond acceptors (Lipinski definition) is 8. The van der Waals surface area contributed by atoms with Crippen LogP contribution in [0.25, 0.3) is 0 Å². The molecule has 10 N–H and O–H groups in total. The Bertz CT molecular complexity index is 1040. The predicted molar refractivity (Wildman–Crippen MR) is 162 cm³/mol. The summed E-state index contributed by atoms with van der Waals surface area (Å²) in [6, 6.07) is 3.55. The molecule has 1 aromatic rings. The van der Waals surface area contributed by atoms with Crippen molar-refractivity contribution < 1.29 is 34.2 Å². The fourth-order valence-electron chi connectivity index (χ4n) is 4.35. The molecule has 0 bridgehead atoms. The highest BCUT2D eigenvalue weighted by molar-refractivity contribution is 5.95. The second-order valence-corrected chi connectivity index (χ2v) is 11.0. The number of carbonyl (C=O) groups is 5. The summed E-state index contributed by atoms with van der Waals surface area (Å²) in [5, 5.41) is 29.5. The molecule has 0 saturated carbocycles. The van der Waals surface area contributed by atoms with Crippen LogP contribution in [-0.4, -0.2) is 83.2 Å². The van der Waals surface area contributed by atoms with Crippen LogP contribution in [-0.2, 0) is 30.4 Å². The lowest BCUT2D eigenvalue weighted by atomic mass is 9.96. The Kier molecular flexibility index (Phi) is 17.1. The van der Waals surface area contributed by atoms with E-state index in [0.29, 0.717) is 32.2 Å². The Morgan fingerprint density at radius 3 is 1.84 bits per heavy atom. The molecule has 7 atom stereocenters. The van der Waals surface area contributed by atoms with Gasteiger partial charge in [0.2, 0.25) is 23.6 Å². The Morgan fingerprint density at radius 1 is 0.767 bits per heavy atom. The lowest BCUT2D eigenvalue weighted by molar-refractivity contribution is -0.144. The maximum absolute atomic E-state index is 13.4. The second kappa shape index (κ2) is 19.6. The lowest BCUT2D eigenvalue weighted by Crippen LogP contribution is -2.60. The fourth-order valence-corrected chi connectivity index (χ4v) is 4.35. The molecule has 1 rings (SSSR count). The van der Waals surface area contributed by atoms with Gasteiger partial charge < -0.3 is 42.9 Å². The number of aliphatic carboxylic acids is 1. The van der Waals surface area contributed by atoms with Crippen molar-refractivity contribution in [3.63, 3.8) is 0 Å². The molecule has 13 nitrogen and oxygen atoms in total. The smallest absolute Gasteiger partial charge is 0.326 e. The number of hydrogen-bond donors (Lipinski definition) is 8. The summed E-state index contributed by atoms with van der Waals surface area (Å²) in [5.41, 5.74) is 12.6. The van der Waals surface area contributed by atoms with Gasteiger partial charge in [0, 0.05) is 0 Å². The van der Waals surface area contributed by atoms with Crippen LogP contribution in [0.4, 0.5) is 0 Å². The van der Waals surface area contributed by atoms with Gasteiger partial charge in [-0.05, 0) is 49.6 Å². The maximum atomic E-state index is 13.4. The molecule has 242 valence electrons. The predicted octanol–water partition coefficient (Wildman–Crippen LogP) is -0.206. The number of aliphatic hydroxyl groups excluding tert-OH is 1. The second-order valence-electron chi connectivity index (χ2n) is 11.0. The molecular weight excluding hydrogens is 556 g/mol. The summed E-state index contributed by atoms with van der Waals surface area (Å²) < 4.78 is 0. The normalized spacial score (nSPS) is 16.0. The van der Waals surface area contributed by atoms with E-state index in [1.807, 2.05) is 37.3 Å². The molecule has 0 radical (unpaired) electrons. The van der Waals surface area contributed by atoms with Crippen molar-refractivity contribution in [2.45, 2.75) is 96.4 Å². The molecule has 0 fully saturated rings. The third-order valence-corrected chi connectivity index (χ3v) is 7.60. The molecule has 43 heavy (non-hydrogen) atoms. The van der Waals surface area contributed by atoms with Gasteiger partial charge in [-0.25, -0.2) is 4.79 Å². The van der Waals surface area contributed by atoms with Gasteiger partial charge in [0.1, 0.15) is 24.2 Å². The number of unbranched alkanes of at least 4 members (excludes halogenated alkanes) is 1. The Balaban J connectivity index is 3.04. The standard InChI is InChI=1S/C30H50N6O7/c1-5-18(3)24(29(41)34-23(17-37)28(40)36-25(30(42)43)19(4)6-2)35-27(39)22(14-10-11-15-31)33-26(38)21(32)16-20-12-8-7-9-13-20/h7-9,12-13,18-19,21-25,37H,5-6,10-11,14-17,31-32H2,1-4H3,(H,33,38)(H,34,41)(H,35,39)(H,36,40)(H,42,43)/t18-,19-,21-,22-,23-,24-,25-/m0/s1. The highest BCUT2D eigenvalue weighted by Gasteiger charge is 2.34. The quantitative estimate of drug-likeness (QED) is 0.0918. The fraction of sp³-hybridized carbons (Fsp3) is 0.633. The first-order valence-electron chi connectivity index (χ1n) is 14.9. The molecule has 13 heteroatoms. The summed E-state index contributed by atoms with van der Waals surface area (Å²) in [7, 11) is 0. The SMILES string of the molecule is CC[C@H](C)[C@H](NC(=O)[C@H](CO)NC(=O)[C@@H](NC(=O)[C@H](CCCCN)NC(=O)[C@@H](N)Cc1ccccc1)[C@@H](C)CC)C(=O)O. The Hall–Kier alpha value is -3.55. The number of rotatable bonds is 20. The highest BCUT2D eigenvalue weighted by Crippen LogP contribution is 2.12. The first-order chi connectivity index (χ1) is 20.4. The summed E-state index contributed by atoms with van der Waals surface area (Å²) in [6.45, 7) is 6.61. The van der Waals surface area contributed by atoms with Gasteiger partial charge in [-0.1, -0.05) is 70.9 Å². The van der Waals surface area contributed by atoms with E-state index in [2.05, 4.69) is 21.3 Å². The van der Waals surface area contributed by atoms with Crippen LogP contribution in [0.5, 0.6) is 0 Å². The number of carboxylic acid groups (broad SMARTS) is 1. The number of benzene rings is 1. The number of nitrogens with one attached hydrogen (secondary N) is 4. The van der Waals surface area contributed by atoms with E-state index < -0.39 is 72.3 Å². The minimum atomic E-state index is -1.45. The topological polar surface area (TPSA) is 226 Å². The average Bonchev–Trinajstić information content (AvgIpc) is 2.99. The first kappa shape index (κ1) is 37.5. The number of nitrogens with two attached hydrogens (primary N) is 2. The van der Waals surface area contributed by atoms with Crippen LogP contribution >= 0.6 is 0 Å².